The van der Waals surface area contributed by atoms with Crippen molar-refractivity contribution in [3.63, 3.8) is 0 Å². The number of anilines is 1. The van der Waals surface area contributed by atoms with Crippen LogP contribution in [0.4, 0.5) is 5.69 Å². The van der Waals surface area contributed by atoms with Gasteiger partial charge >= 0.3 is 0 Å². The van der Waals surface area contributed by atoms with Crippen molar-refractivity contribution in [3.05, 3.63) is 58.6 Å². The van der Waals surface area contributed by atoms with Gasteiger partial charge in [0.15, 0.2) is 5.69 Å². The van der Waals surface area contributed by atoms with Crippen LogP contribution < -0.4 is 5.32 Å². The van der Waals surface area contributed by atoms with Crippen LogP contribution in [0.25, 0.3) is 10.6 Å². The fourth-order valence-corrected chi connectivity index (χ4v) is 2.76. The molecule has 5 heteroatoms. The smallest absolute Gasteiger partial charge is 0.276 e. The Labute approximate surface area is 126 Å². The number of aromatic nitrogens is 2. The van der Waals surface area contributed by atoms with E-state index in [0.717, 1.165) is 27.4 Å². The van der Waals surface area contributed by atoms with Crippen LogP contribution >= 0.6 is 11.3 Å². The topological polar surface area (TPSA) is 57.8 Å². The van der Waals surface area contributed by atoms with Crippen LogP contribution in [0, 0.1) is 13.8 Å². The Hall–Kier alpha value is -2.40. The molecular weight excluding hydrogens is 282 g/mol. The molecule has 2 heterocycles. The molecular formula is C16H15N3OS. The van der Waals surface area contributed by atoms with Crippen LogP contribution in [0.5, 0.6) is 0 Å². The van der Waals surface area contributed by atoms with Gasteiger partial charge < -0.3 is 5.32 Å². The minimum absolute atomic E-state index is 0.206. The van der Waals surface area contributed by atoms with E-state index in [0.29, 0.717) is 5.69 Å². The number of amides is 1. The van der Waals surface area contributed by atoms with E-state index < -0.39 is 0 Å². The van der Waals surface area contributed by atoms with E-state index in [4.69, 9.17) is 0 Å². The van der Waals surface area contributed by atoms with Crippen molar-refractivity contribution in [3.8, 4) is 10.6 Å². The number of H-pyrrole nitrogens is 1. The predicted molar refractivity (Wildman–Crippen MR) is 85.8 cm³/mol. The minimum atomic E-state index is -0.206. The predicted octanol–water partition coefficient (Wildman–Crippen LogP) is 4.01. The Morgan fingerprint density at radius 1 is 1.24 bits per heavy atom. The molecule has 0 spiro atoms. The molecule has 0 fully saturated rings. The molecule has 0 atom stereocenters. The van der Waals surface area contributed by atoms with E-state index >= 15 is 0 Å². The zero-order valence-corrected chi connectivity index (χ0v) is 12.6. The minimum Gasteiger partial charge on any atom is -0.320 e. The van der Waals surface area contributed by atoms with Crippen molar-refractivity contribution < 1.29 is 4.79 Å². The lowest BCUT2D eigenvalue weighted by molar-refractivity contribution is 0.102. The Kier molecular flexibility index (Phi) is 3.58. The molecule has 1 amide bonds. The molecule has 0 radical (unpaired) electrons. The summed E-state index contributed by atoms with van der Waals surface area (Å²) in [6.45, 7) is 4.01. The standard InChI is InChI=1S/C16H15N3OS/c1-10-5-3-6-12(11(10)2)17-16(20)14-9-13(18-19-14)15-7-4-8-21-15/h3-9H,1-2H3,(H,17,20)(H,18,19). The third-order valence-corrected chi connectivity index (χ3v) is 4.35. The molecule has 0 saturated carbocycles. The molecule has 0 bridgehead atoms. The second kappa shape index (κ2) is 5.54. The Balaban J connectivity index is 1.81. The zero-order valence-electron chi connectivity index (χ0n) is 11.8. The molecule has 3 rings (SSSR count). The lowest BCUT2D eigenvalue weighted by atomic mass is 10.1. The van der Waals surface area contributed by atoms with E-state index in [1.165, 1.54) is 0 Å². The molecule has 2 aromatic heterocycles. The first-order chi connectivity index (χ1) is 10.1. The zero-order chi connectivity index (χ0) is 14.8. The fraction of sp³-hybridized carbons (Fsp3) is 0.125. The van der Waals surface area contributed by atoms with Crippen LogP contribution in [0.2, 0.25) is 0 Å². The number of hydrogen-bond acceptors (Lipinski definition) is 3. The SMILES string of the molecule is Cc1cccc(NC(=O)c2cc(-c3cccs3)[nH]n2)c1C. The number of nitrogens with zero attached hydrogens (tertiary/aromatic N) is 1. The van der Waals surface area contributed by atoms with Gasteiger partial charge in [-0.15, -0.1) is 11.3 Å². The number of carbonyl (C=O) groups excluding carboxylic acids is 1. The first-order valence-corrected chi connectivity index (χ1v) is 7.50. The third kappa shape index (κ3) is 2.73. The highest BCUT2D eigenvalue weighted by Crippen LogP contribution is 2.24. The van der Waals surface area contributed by atoms with Crippen molar-refractivity contribution in [1.82, 2.24) is 10.2 Å². The van der Waals surface area contributed by atoms with Gasteiger partial charge in [-0.1, -0.05) is 18.2 Å². The summed E-state index contributed by atoms with van der Waals surface area (Å²) < 4.78 is 0. The molecule has 0 unspecified atom stereocenters. The second-order valence-electron chi connectivity index (χ2n) is 4.85. The number of carbonyl (C=O) groups is 1. The van der Waals surface area contributed by atoms with Gasteiger partial charge in [0, 0.05) is 5.69 Å². The molecule has 4 nitrogen and oxygen atoms in total. The average Bonchev–Trinajstić information content (AvgIpc) is 3.13. The number of hydrogen-bond donors (Lipinski definition) is 2. The summed E-state index contributed by atoms with van der Waals surface area (Å²) in [7, 11) is 0. The Morgan fingerprint density at radius 3 is 2.86 bits per heavy atom. The summed E-state index contributed by atoms with van der Waals surface area (Å²) in [5.41, 5.74) is 4.28. The number of benzene rings is 1. The number of nitrogens with one attached hydrogen (secondary N) is 2. The van der Waals surface area contributed by atoms with Crippen molar-refractivity contribution in [1.29, 1.82) is 0 Å². The van der Waals surface area contributed by atoms with Gasteiger partial charge in [0.2, 0.25) is 0 Å². The summed E-state index contributed by atoms with van der Waals surface area (Å²) in [4.78, 5) is 13.3. The first-order valence-electron chi connectivity index (χ1n) is 6.62. The normalized spacial score (nSPS) is 10.6. The van der Waals surface area contributed by atoms with Crippen LogP contribution in [0.15, 0.2) is 41.8 Å². The molecule has 1 aromatic carbocycles. The highest BCUT2D eigenvalue weighted by molar-refractivity contribution is 7.13. The first kappa shape index (κ1) is 13.6. The van der Waals surface area contributed by atoms with Crippen LogP contribution in [0.1, 0.15) is 21.6 Å². The van der Waals surface area contributed by atoms with Gasteiger partial charge in [0.25, 0.3) is 5.91 Å². The number of aromatic amines is 1. The van der Waals surface area contributed by atoms with Crippen molar-refractivity contribution >= 4 is 22.9 Å². The average molecular weight is 297 g/mol. The van der Waals surface area contributed by atoms with E-state index in [1.54, 1.807) is 17.4 Å². The highest BCUT2D eigenvalue weighted by atomic mass is 32.1. The van der Waals surface area contributed by atoms with E-state index in [-0.39, 0.29) is 5.91 Å². The second-order valence-corrected chi connectivity index (χ2v) is 5.79. The summed E-state index contributed by atoms with van der Waals surface area (Å²) in [5.74, 6) is -0.206. The number of aryl methyl sites for hydroxylation is 1. The van der Waals surface area contributed by atoms with Gasteiger partial charge in [-0.3, -0.25) is 9.89 Å². The monoisotopic (exact) mass is 297 g/mol. The summed E-state index contributed by atoms with van der Waals surface area (Å²) in [6.07, 6.45) is 0. The summed E-state index contributed by atoms with van der Waals surface area (Å²) in [5, 5.41) is 11.9. The van der Waals surface area contributed by atoms with Crippen molar-refractivity contribution in [2.24, 2.45) is 0 Å². The van der Waals surface area contributed by atoms with Crippen molar-refractivity contribution in [2.45, 2.75) is 13.8 Å². The van der Waals surface area contributed by atoms with Crippen LogP contribution in [-0.2, 0) is 0 Å². The van der Waals surface area contributed by atoms with Crippen molar-refractivity contribution in [2.75, 3.05) is 5.32 Å². The molecule has 3 aromatic rings. The van der Waals surface area contributed by atoms with Gasteiger partial charge in [0.05, 0.1) is 10.6 Å². The van der Waals surface area contributed by atoms with Crippen LogP contribution in [0.3, 0.4) is 0 Å². The molecule has 0 aliphatic heterocycles. The molecule has 0 aliphatic carbocycles. The number of thiophene rings is 1. The maximum Gasteiger partial charge on any atom is 0.276 e. The Bertz CT molecular complexity index is 775. The number of rotatable bonds is 3. The van der Waals surface area contributed by atoms with Gasteiger partial charge in [-0.05, 0) is 48.6 Å². The molecule has 0 aliphatic rings. The van der Waals surface area contributed by atoms with E-state index in [1.807, 2.05) is 49.6 Å². The molecule has 21 heavy (non-hydrogen) atoms. The fourth-order valence-electron chi connectivity index (χ4n) is 2.07. The highest BCUT2D eigenvalue weighted by Gasteiger charge is 2.13. The summed E-state index contributed by atoms with van der Waals surface area (Å²) >= 11 is 1.61. The Morgan fingerprint density at radius 2 is 2.10 bits per heavy atom. The van der Waals surface area contributed by atoms with E-state index in [9.17, 15) is 4.79 Å². The summed E-state index contributed by atoms with van der Waals surface area (Å²) in [6, 6.07) is 11.6. The molecule has 0 saturated heterocycles. The quantitative estimate of drug-likeness (QED) is 0.767. The van der Waals surface area contributed by atoms with Crippen LogP contribution in [-0.4, -0.2) is 16.1 Å². The van der Waals surface area contributed by atoms with Gasteiger partial charge in [0.1, 0.15) is 0 Å². The van der Waals surface area contributed by atoms with Gasteiger partial charge in [-0.2, -0.15) is 5.10 Å². The largest absolute Gasteiger partial charge is 0.320 e. The lowest BCUT2D eigenvalue weighted by Crippen LogP contribution is -2.13. The van der Waals surface area contributed by atoms with Gasteiger partial charge in [-0.25, -0.2) is 0 Å². The molecule has 106 valence electrons. The lowest BCUT2D eigenvalue weighted by Gasteiger charge is -2.08. The molecule has 2 N–H and O–H groups in total. The maximum atomic E-state index is 12.3. The maximum absolute atomic E-state index is 12.3. The third-order valence-electron chi connectivity index (χ3n) is 3.45. The van der Waals surface area contributed by atoms with E-state index in [2.05, 4.69) is 15.5 Å².